The highest BCUT2D eigenvalue weighted by molar-refractivity contribution is 5.65. The van der Waals surface area contributed by atoms with Crippen molar-refractivity contribution in [3.8, 4) is 63.2 Å². The zero-order valence-electron chi connectivity index (χ0n) is 21.9. The molecule has 0 amide bonds. The fourth-order valence-corrected chi connectivity index (χ4v) is 5.77. The van der Waals surface area contributed by atoms with Crippen molar-refractivity contribution >= 4 is 0 Å². The van der Waals surface area contributed by atoms with Crippen LogP contribution in [0.3, 0.4) is 0 Å². The maximum atomic E-state index is 11.6. The van der Waals surface area contributed by atoms with Crippen LogP contribution in [0.2, 0.25) is 0 Å². The van der Waals surface area contributed by atoms with Crippen LogP contribution in [0.5, 0.6) is 63.2 Å². The molecular weight excluding hydrogens is 568 g/mol. The molecule has 4 aromatic carbocycles. The molecule has 4 aromatic rings. The van der Waals surface area contributed by atoms with E-state index in [1.165, 1.54) is 12.1 Å². The Hall–Kier alpha value is -5.40. The SMILES string of the molecule is Oc1cc(O)c2c(c1)OC(c1ccc(O)c(O)c1)C(O)C2c1c(O)cc2c(c1O)CC(O)C(c1cc(O)c(O)c(O)c1)O2. The summed E-state index contributed by atoms with van der Waals surface area (Å²) in [5.74, 6) is -6.66. The number of rotatable bonds is 3. The van der Waals surface area contributed by atoms with E-state index in [4.69, 9.17) is 9.47 Å². The Bertz CT molecular complexity index is 1750. The topological polar surface area (TPSA) is 241 Å². The highest BCUT2D eigenvalue weighted by Crippen LogP contribution is 2.56. The molecule has 6 rings (SSSR count). The Balaban J connectivity index is 1.47. The van der Waals surface area contributed by atoms with Gasteiger partial charge in [-0.05, 0) is 29.8 Å². The third kappa shape index (κ3) is 4.42. The van der Waals surface area contributed by atoms with Gasteiger partial charge in [-0.1, -0.05) is 6.07 Å². The first-order valence-corrected chi connectivity index (χ1v) is 12.9. The van der Waals surface area contributed by atoms with Crippen LogP contribution in [-0.4, -0.2) is 68.4 Å². The molecule has 0 fully saturated rings. The van der Waals surface area contributed by atoms with Crippen molar-refractivity contribution in [2.45, 2.75) is 36.8 Å². The normalized spacial score (nSPS) is 22.6. The predicted molar refractivity (Wildman–Crippen MR) is 145 cm³/mol. The molecule has 0 bridgehead atoms. The Morgan fingerprint density at radius 3 is 1.84 bits per heavy atom. The molecule has 0 aliphatic carbocycles. The van der Waals surface area contributed by atoms with Gasteiger partial charge in [-0.2, -0.15) is 0 Å². The largest absolute Gasteiger partial charge is 0.508 e. The maximum Gasteiger partial charge on any atom is 0.200 e. The first-order chi connectivity index (χ1) is 20.3. The zero-order valence-corrected chi connectivity index (χ0v) is 21.9. The summed E-state index contributed by atoms with van der Waals surface area (Å²) in [6, 6.07) is 9.11. The highest BCUT2D eigenvalue weighted by Gasteiger charge is 2.45. The van der Waals surface area contributed by atoms with E-state index >= 15 is 0 Å². The van der Waals surface area contributed by atoms with Crippen molar-refractivity contribution < 1.29 is 65.6 Å². The third-order valence-electron chi connectivity index (χ3n) is 7.78. The van der Waals surface area contributed by atoms with Crippen LogP contribution in [0.15, 0.2) is 48.5 Å². The lowest BCUT2D eigenvalue weighted by Crippen LogP contribution is -2.35. The van der Waals surface area contributed by atoms with Crippen molar-refractivity contribution in [1.82, 2.24) is 0 Å². The van der Waals surface area contributed by atoms with Gasteiger partial charge in [-0.15, -0.1) is 0 Å². The second-order valence-corrected chi connectivity index (χ2v) is 10.5. The molecule has 2 heterocycles. The van der Waals surface area contributed by atoms with E-state index in [1.54, 1.807) is 0 Å². The number of fused-ring (bicyclic) bond motifs is 2. The van der Waals surface area contributed by atoms with Gasteiger partial charge in [-0.25, -0.2) is 0 Å². The number of aliphatic hydroxyl groups is 2. The maximum absolute atomic E-state index is 11.6. The van der Waals surface area contributed by atoms with Crippen molar-refractivity contribution in [2.75, 3.05) is 0 Å². The summed E-state index contributed by atoms with van der Waals surface area (Å²) in [7, 11) is 0. The van der Waals surface area contributed by atoms with Gasteiger partial charge in [0, 0.05) is 46.9 Å². The fraction of sp³-hybridized carbons (Fsp3) is 0.200. The molecule has 224 valence electrons. The highest BCUT2D eigenvalue weighted by atomic mass is 16.5. The monoisotopic (exact) mass is 594 g/mol. The third-order valence-corrected chi connectivity index (χ3v) is 7.78. The summed E-state index contributed by atoms with van der Waals surface area (Å²) in [6.45, 7) is 0. The summed E-state index contributed by atoms with van der Waals surface area (Å²) in [5, 5.41) is 115. The number of hydrogen-bond donors (Lipinski definition) is 11. The van der Waals surface area contributed by atoms with Gasteiger partial charge in [0.25, 0.3) is 0 Å². The number of benzene rings is 4. The molecule has 2 aliphatic rings. The van der Waals surface area contributed by atoms with E-state index in [-0.39, 0.29) is 51.5 Å². The van der Waals surface area contributed by atoms with Crippen LogP contribution in [0.1, 0.15) is 45.9 Å². The minimum absolute atomic E-state index is 0.0288. The quantitative estimate of drug-likeness (QED) is 0.153. The van der Waals surface area contributed by atoms with Gasteiger partial charge >= 0.3 is 0 Å². The van der Waals surface area contributed by atoms with Gasteiger partial charge in [0.05, 0.1) is 12.0 Å². The second-order valence-electron chi connectivity index (χ2n) is 10.5. The molecule has 0 saturated carbocycles. The average Bonchev–Trinajstić information content (AvgIpc) is 2.94. The van der Waals surface area contributed by atoms with Crippen molar-refractivity contribution in [3.63, 3.8) is 0 Å². The molecule has 13 nitrogen and oxygen atoms in total. The van der Waals surface area contributed by atoms with Crippen molar-refractivity contribution in [2.24, 2.45) is 0 Å². The summed E-state index contributed by atoms with van der Waals surface area (Å²) < 4.78 is 11.7. The lowest BCUT2D eigenvalue weighted by Gasteiger charge is -2.39. The molecule has 0 aromatic heterocycles. The van der Waals surface area contributed by atoms with Crippen LogP contribution in [0.25, 0.3) is 0 Å². The van der Waals surface area contributed by atoms with E-state index in [0.29, 0.717) is 0 Å². The van der Waals surface area contributed by atoms with E-state index in [9.17, 15) is 56.2 Å². The molecule has 11 N–H and O–H groups in total. The lowest BCUT2D eigenvalue weighted by molar-refractivity contribution is 0.00572. The second kappa shape index (κ2) is 9.86. The summed E-state index contributed by atoms with van der Waals surface area (Å²) in [6.07, 6.45) is -5.73. The number of hydrogen-bond acceptors (Lipinski definition) is 13. The van der Waals surface area contributed by atoms with Crippen LogP contribution < -0.4 is 9.47 Å². The van der Waals surface area contributed by atoms with Gasteiger partial charge in [-0.3, -0.25) is 0 Å². The Labute approximate surface area is 242 Å². The first kappa shape index (κ1) is 27.8. The minimum Gasteiger partial charge on any atom is -0.508 e. The first-order valence-electron chi connectivity index (χ1n) is 12.9. The van der Waals surface area contributed by atoms with E-state index in [1.807, 2.05) is 0 Å². The van der Waals surface area contributed by atoms with Crippen molar-refractivity contribution in [3.05, 3.63) is 76.3 Å². The Morgan fingerprint density at radius 1 is 0.535 bits per heavy atom. The molecule has 2 aliphatic heterocycles. The van der Waals surface area contributed by atoms with Crippen LogP contribution >= 0.6 is 0 Å². The number of aliphatic hydroxyl groups excluding tert-OH is 2. The molecule has 0 saturated heterocycles. The number of phenols is 9. The molecule has 13 heteroatoms. The van der Waals surface area contributed by atoms with Gasteiger partial charge in [0.1, 0.15) is 40.6 Å². The van der Waals surface area contributed by atoms with Gasteiger partial charge < -0.3 is 65.6 Å². The van der Waals surface area contributed by atoms with E-state index in [0.717, 1.165) is 36.4 Å². The number of ether oxygens (including phenoxy) is 2. The molecule has 43 heavy (non-hydrogen) atoms. The minimum atomic E-state index is -1.63. The summed E-state index contributed by atoms with van der Waals surface area (Å²) in [4.78, 5) is 0. The van der Waals surface area contributed by atoms with Crippen LogP contribution in [0.4, 0.5) is 0 Å². The Kier molecular flexibility index (Phi) is 6.36. The summed E-state index contributed by atoms with van der Waals surface area (Å²) >= 11 is 0. The van der Waals surface area contributed by atoms with Crippen LogP contribution in [0, 0.1) is 0 Å². The number of aromatic hydroxyl groups is 9. The standard InChI is InChI=1S/C30H26O13/c31-12-6-16(34)23-22(7-12)43-30(10-1-2-14(32)15(33)3-10)28(41)25(23)24-17(35)9-21-13(26(24)39)8-20(38)29(42-21)11-4-18(36)27(40)19(37)5-11/h1-7,9,20,25,28-41H,8H2. The fourth-order valence-electron chi connectivity index (χ4n) is 5.77. The molecule has 0 spiro atoms. The average molecular weight is 595 g/mol. The van der Waals surface area contributed by atoms with Crippen LogP contribution in [-0.2, 0) is 6.42 Å². The number of phenolic OH excluding ortho intramolecular Hbond substituents is 9. The van der Waals surface area contributed by atoms with Crippen molar-refractivity contribution in [1.29, 1.82) is 0 Å². The van der Waals surface area contributed by atoms with E-state index < -0.39 is 76.3 Å². The molecule has 5 unspecified atom stereocenters. The molecule has 0 radical (unpaired) electrons. The summed E-state index contributed by atoms with van der Waals surface area (Å²) in [5.41, 5.74) is -0.0481. The van der Waals surface area contributed by atoms with E-state index in [2.05, 4.69) is 0 Å². The smallest absolute Gasteiger partial charge is 0.200 e. The molecular formula is C30H26O13. The zero-order chi connectivity index (χ0) is 30.9. The predicted octanol–water partition coefficient (Wildman–Crippen LogP) is 2.70. The lowest BCUT2D eigenvalue weighted by atomic mass is 9.77. The van der Waals surface area contributed by atoms with Gasteiger partial charge in [0.15, 0.2) is 41.0 Å². The Morgan fingerprint density at radius 2 is 1.16 bits per heavy atom. The molecule has 5 atom stereocenters. The van der Waals surface area contributed by atoms with Gasteiger partial charge in [0.2, 0.25) is 0 Å².